The lowest BCUT2D eigenvalue weighted by Gasteiger charge is -2.35. The zero-order valence-electron chi connectivity index (χ0n) is 19.7. The molecule has 0 spiro atoms. The first-order chi connectivity index (χ1) is 13.8. The van der Waals surface area contributed by atoms with Gasteiger partial charge in [0.15, 0.2) is 0 Å². The summed E-state index contributed by atoms with van der Waals surface area (Å²) < 4.78 is 5.37. The summed E-state index contributed by atoms with van der Waals surface area (Å²) in [5.41, 5.74) is 3.96. The van der Waals surface area contributed by atoms with E-state index in [1.807, 2.05) is 32.0 Å². The van der Waals surface area contributed by atoms with Crippen LogP contribution < -0.4 is 16.0 Å². The first kappa shape index (κ1) is 23.9. The van der Waals surface area contributed by atoms with Crippen LogP contribution in [-0.4, -0.2) is 30.7 Å². The van der Waals surface area contributed by atoms with Crippen molar-refractivity contribution in [2.75, 3.05) is 13.2 Å². The fraction of sp³-hybridized carbons (Fsp3) is 0.583. The van der Waals surface area contributed by atoms with Gasteiger partial charge in [0.2, 0.25) is 0 Å². The number of aryl methyl sites for hydroxylation is 2. The number of urea groups is 1. The molecule has 1 unspecified atom stereocenters. The highest BCUT2D eigenvalue weighted by Gasteiger charge is 2.35. The lowest BCUT2D eigenvalue weighted by molar-refractivity contribution is -0.139. The Kier molecular flexibility index (Phi) is 7.35. The van der Waals surface area contributed by atoms with E-state index in [1.54, 1.807) is 6.92 Å². The maximum atomic E-state index is 12.9. The molecule has 1 aliphatic heterocycles. The molecule has 3 N–H and O–H groups in total. The number of nitrogens with one attached hydrogen (secondary N) is 3. The zero-order chi connectivity index (χ0) is 22.7. The summed E-state index contributed by atoms with van der Waals surface area (Å²) in [4.78, 5) is 25.4. The third kappa shape index (κ3) is 6.33. The van der Waals surface area contributed by atoms with Gasteiger partial charge in [-0.2, -0.15) is 0 Å². The molecular formula is C24H37N3O3. The van der Waals surface area contributed by atoms with Gasteiger partial charge in [0.25, 0.3) is 0 Å². The number of ether oxygens (including phenoxy) is 1. The van der Waals surface area contributed by atoms with Crippen molar-refractivity contribution >= 4 is 12.0 Å². The Labute approximate surface area is 180 Å². The summed E-state index contributed by atoms with van der Waals surface area (Å²) >= 11 is 0. The van der Waals surface area contributed by atoms with Crippen molar-refractivity contribution in [3.63, 3.8) is 0 Å². The summed E-state index contributed by atoms with van der Waals surface area (Å²) in [7, 11) is 0. The van der Waals surface area contributed by atoms with Crippen molar-refractivity contribution in [2.45, 2.75) is 73.4 Å². The average molecular weight is 416 g/mol. The second-order valence-electron chi connectivity index (χ2n) is 9.98. The van der Waals surface area contributed by atoms with E-state index in [4.69, 9.17) is 4.74 Å². The molecule has 6 nitrogen and oxygen atoms in total. The van der Waals surface area contributed by atoms with Crippen molar-refractivity contribution in [1.82, 2.24) is 16.0 Å². The Bertz CT molecular complexity index is 835. The van der Waals surface area contributed by atoms with Crippen molar-refractivity contribution in [1.29, 1.82) is 0 Å². The number of rotatable bonds is 7. The molecule has 1 heterocycles. The van der Waals surface area contributed by atoms with Gasteiger partial charge in [0, 0.05) is 17.8 Å². The zero-order valence-corrected chi connectivity index (χ0v) is 19.7. The largest absolute Gasteiger partial charge is 0.463 e. The molecule has 0 saturated heterocycles. The molecular weight excluding hydrogens is 378 g/mol. The molecule has 1 atom stereocenters. The molecule has 0 radical (unpaired) electrons. The summed E-state index contributed by atoms with van der Waals surface area (Å²) in [6, 6.07) is 5.16. The van der Waals surface area contributed by atoms with E-state index in [1.165, 1.54) is 0 Å². The number of esters is 1. The van der Waals surface area contributed by atoms with Crippen LogP contribution in [0.2, 0.25) is 0 Å². The van der Waals surface area contributed by atoms with Crippen LogP contribution in [0.15, 0.2) is 29.5 Å². The van der Waals surface area contributed by atoms with Crippen LogP contribution in [0.1, 0.15) is 70.7 Å². The second-order valence-corrected chi connectivity index (χ2v) is 9.98. The quantitative estimate of drug-likeness (QED) is 0.581. The molecule has 2 amide bonds. The van der Waals surface area contributed by atoms with E-state index in [0.29, 0.717) is 17.8 Å². The van der Waals surface area contributed by atoms with Crippen molar-refractivity contribution < 1.29 is 14.3 Å². The minimum atomic E-state index is -0.555. The van der Waals surface area contributed by atoms with Crippen LogP contribution in [0.25, 0.3) is 0 Å². The maximum absolute atomic E-state index is 12.9. The first-order valence-electron chi connectivity index (χ1n) is 10.6. The summed E-state index contributed by atoms with van der Waals surface area (Å²) in [5, 5.41) is 9.28. The van der Waals surface area contributed by atoms with Crippen molar-refractivity contribution in [3.05, 3.63) is 46.2 Å². The topological polar surface area (TPSA) is 79.5 Å². The van der Waals surface area contributed by atoms with Crippen molar-refractivity contribution in [3.8, 4) is 0 Å². The van der Waals surface area contributed by atoms with E-state index in [9.17, 15) is 9.59 Å². The lowest BCUT2D eigenvalue weighted by Crippen LogP contribution is -2.51. The minimum Gasteiger partial charge on any atom is -0.463 e. The third-order valence-corrected chi connectivity index (χ3v) is 5.11. The molecule has 1 aliphatic rings. The van der Waals surface area contributed by atoms with Crippen LogP contribution >= 0.6 is 0 Å². The highest BCUT2D eigenvalue weighted by Crippen LogP contribution is 2.31. The van der Waals surface area contributed by atoms with Crippen molar-refractivity contribution in [2.24, 2.45) is 5.41 Å². The number of carbonyl (C=O) groups is 2. The van der Waals surface area contributed by atoms with Crippen LogP contribution in [0.3, 0.4) is 0 Å². The number of amides is 2. The Morgan fingerprint density at radius 3 is 2.43 bits per heavy atom. The van der Waals surface area contributed by atoms with Crippen LogP contribution in [0.4, 0.5) is 4.79 Å². The van der Waals surface area contributed by atoms with Gasteiger partial charge < -0.3 is 20.7 Å². The van der Waals surface area contributed by atoms with Gasteiger partial charge in [-0.3, -0.25) is 0 Å². The molecule has 1 aromatic carbocycles. The summed E-state index contributed by atoms with van der Waals surface area (Å²) in [6.07, 6.45) is 0.939. The van der Waals surface area contributed by atoms with Crippen LogP contribution in [0.5, 0.6) is 0 Å². The molecule has 166 valence electrons. The molecule has 0 bridgehead atoms. The standard InChI is InChI=1S/C24H37N3O3/c1-9-30-21(28)19-18(13-25-24(7,8)14-23(4,5)6)26-22(29)27-20(19)17-12-15(2)10-11-16(17)3/h10-12,20,25H,9,13-14H2,1-8H3,(H2,26,27,29). The molecule has 0 fully saturated rings. The van der Waals surface area contributed by atoms with E-state index in [-0.39, 0.29) is 23.6 Å². The molecule has 0 aromatic heterocycles. The highest BCUT2D eigenvalue weighted by atomic mass is 16.5. The predicted molar refractivity (Wildman–Crippen MR) is 120 cm³/mol. The Morgan fingerprint density at radius 2 is 1.83 bits per heavy atom. The molecule has 0 saturated carbocycles. The third-order valence-electron chi connectivity index (χ3n) is 5.11. The van der Waals surface area contributed by atoms with Gasteiger partial charge in [-0.15, -0.1) is 0 Å². The number of carbonyl (C=O) groups excluding carboxylic acids is 2. The molecule has 30 heavy (non-hydrogen) atoms. The van der Waals surface area contributed by atoms with Gasteiger partial charge in [0.05, 0.1) is 18.2 Å². The number of hydrogen-bond donors (Lipinski definition) is 3. The predicted octanol–water partition coefficient (Wildman–Crippen LogP) is 4.28. The maximum Gasteiger partial charge on any atom is 0.338 e. The molecule has 1 aromatic rings. The van der Waals surface area contributed by atoms with Gasteiger partial charge in [-0.1, -0.05) is 44.5 Å². The smallest absolute Gasteiger partial charge is 0.338 e. The Morgan fingerprint density at radius 1 is 1.17 bits per heavy atom. The summed E-state index contributed by atoms with van der Waals surface area (Å²) in [6.45, 7) is 17.3. The number of benzene rings is 1. The fourth-order valence-corrected chi connectivity index (χ4v) is 4.23. The first-order valence-corrected chi connectivity index (χ1v) is 10.6. The molecule has 2 rings (SSSR count). The molecule has 0 aliphatic carbocycles. The lowest BCUT2D eigenvalue weighted by atomic mass is 9.81. The highest BCUT2D eigenvalue weighted by molar-refractivity contribution is 5.95. The van der Waals surface area contributed by atoms with Gasteiger partial charge in [0.1, 0.15) is 0 Å². The minimum absolute atomic E-state index is 0.146. The monoisotopic (exact) mass is 415 g/mol. The van der Waals surface area contributed by atoms with E-state index in [0.717, 1.165) is 23.1 Å². The fourth-order valence-electron chi connectivity index (χ4n) is 4.23. The van der Waals surface area contributed by atoms with E-state index < -0.39 is 12.0 Å². The Hall–Kier alpha value is -2.34. The average Bonchev–Trinajstić information content (AvgIpc) is 2.59. The molecule has 6 heteroatoms. The SMILES string of the molecule is CCOC(=O)C1=C(CNC(C)(C)CC(C)(C)C)NC(=O)NC1c1cc(C)ccc1C. The number of hydrogen-bond acceptors (Lipinski definition) is 4. The second kappa shape index (κ2) is 9.21. The Balaban J connectivity index is 2.46. The van der Waals surface area contributed by atoms with Gasteiger partial charge >= 0.3 is 12.0 Å². The van der Waals surface area contributed by atoms with E-state index in [2.05, 4.69) is 50.6 Å². The normalized spacial score (nSPS) is 17.5. The summed E-state index contributed by atoms with van der Waals surface area (Å²) in [5.74, 6) is -0.415. The van der Waals surface area contributed by atoms with Gasteiger partial charge in [-0.05, 0) is 57.6 Å². The van der Waals surface area contributed by atoms with Crippen LogP contribution in [0, 0.1) is 19.3 Å². The van der Waals surface area contributed by atoms with Crippen LogP contribution in [-0.2, 0) is 9.53 Å². The van der Waals surface area contributed by atoms with Gasteiger partial charge in [-0.25, -0.2) is 9.59 Å². The van der Waals surface area contributed by atoms with E-state index >= 15 is 0 Å².